The molecule has 4 rings (SSSR count). The number of anilines is 2. The molecule has 0 saturated heterocycles. The van der Waals surface area contributed by atoms with E-state index in [0.717, 1.165) is 6.20 Å². The van der Waals surface area contributed by atoms with Crippen LogP contribution in [0, 0.1) is 17.6 Å². The minimum absolute atomic E-state index is 0.123. The molecule has 0 radical (unpaired) electrons. The molecule has 0 fully saturated rings. The molecule has 270 valence electrons. The molecule has 3 heterocycles. The number of ether oxygens (including phenoxy) is 3. The monoisotopic (exact) mass is 716 g/mol. The van der Waals surface area contributed by atoms with Crippen molar-refractivity contribution < 1.29 is 41.6 Å². The molecule has 13 nitrogen and oxygen atoms in total. The van der Waals surface area contributed by atoms with Crippen molar-refractivity contribution >= 4 is 39.3 Å². The van der Waals surface area contributed by atoms with Crippen LogP contribution >= 0.6 is 0 Å². The Morgan fingerprint density at radius 2 is 1.74 bits per heavy atom. The number of rotatable bonds is 7. The summed E-state index contributed by atoms with van der Waals surface area (Å²) < 4.78 is 63.4. The highest BCUT2D eigenvalue weighted by atomic mass is 32.2. The Bertz CT molecular complexity index is 1870. The SMILES string of the molecule is CC(C)[C@H](NC(=O)OC(C)(C)C)C(=O)N[C@@H](C)C(=O)N=S(C)(=O)Cc1cc2nc(c1)OCCCOc1cc(F)ccc1-c1cc(ncc1F)N2. The van der Waals surface area contributed by atoms with Crippen molar-refractivity contribution in [1.29, 1.82) is 0 Å². The van der Waals surface area contributed by atoms with E-state index in [1.807, 2.05) is 0 Å². The number of carbonyl (C=O) groups is 3. The molecule has 3 atom stereocenters. The lowest BCUT2D eigenvalue weighted by molar-refractivity contribution is -0.128. The van der Waals surface area contributed by atoms with E-state index in [-0.39, 0.29) is 53.7 Å². The summed E-state index contributed by atoms with van der Waals surface area (Å²) in [6, 6.07) is 6.20. The van der Waals surface area contributed by atoms with Crippen LogP contribution in [0.5, 0.6) is 11.6 Å². The molecule has 2 aromatic heterocycles. The maximum atomic E-state index is 14.9. The lowest BCUT2D eigenvalue weighted by Crippen LogP contribution is -2.53. The average Bonchev–Trinajstić information content (AvgIpc) is 2.99. The maximum Gasteiger partial charge on any atom is 0.408 e. The second-order valence-corrected chi connectivity index (χ2v) is 15.6. The first kappa shape index (κ1) is 38.0. The third-order valence-electron chi connectivity index (χ3n) is 7.07. The summed E-state index contributed by atoms with van der Waals surface area (Å²) >= 11 is 0. The van der Waals surface area contributed by atoms with Crippen molar-refractivity contribution in [2.45, 2.75) is 71.4 Å². The fraction of sp³-hybridized carbons (Fsp3) is 0.441. The van der Waals surface area contributed by atoms with Crippen LogP contribution in [0.25, 0.3) is 11.1 Å². The van der Waals surface area contributed by atoms with Crippen molar-refractivity contribution in [3.8, 4) is 22.8 Å². The second kappa shape index (κ2) is 15.8. The van der Waals surface area contributed by atoms with Gasteiger partial charge in [-0.25, -0.2) is 22.8 Å². The average molecular weight is 717 g/mol. The van der Waals surface area contributed by atoms with Crippen LogP contribution in [-0.2, 0) is 29.8 Å². The van der Waals surface area contributed by atoms with Gasteiger partial charge in [0.25, 0.3) is 5.91 Å². The molecule has 4 bridgehead atoms. The van der Waals surface area contributed by atoms with Crippen LogP contribution in [0.15, 0.2) is 47.0 Å². The molecular weight excluding hydrogens is 674 g/mol. The van der Waals surface area contributed by atoms with Gasteiger partial charge >= 0.3 is 6.09 Å². The molecule has 3 amide bonds. The number of nitrogens with one attached hydrogen (secondary N) is 3. The van der Waals surface area contributed by atoms with E-state index in [9.17, 15) is 27.4 Å². The van der Waals surface area contributed by atoms with Crippen molar-refractivity contribution in [2.75, 3.05) is 24.8 Å². The number of hydrogen-bond donors (Lipinski definition) is 3. The van der Waals surface area contributed by atoms with Gasteiger partial charge in [-0.1, -0.05) is 13.8 Å². The predicted molar refractivity (Wildman–Crippen MR) is 184 cm³/mol. The van der Waals surface area contributed by atoms with Crippen molar-refractivity contribution in [2.24, 2.45) is 10.3 Å². The summed E-state index contributed by atoms with van der Waals surface area (Å²) in [5.41, 5.74) is 0.128. The van der Waals surface area contributed by atoms with E-state index in [2.05, 4.69) is 30.3 Å². The molecule has 0 spiro atoms. The van der Waals surface area contributed by atoms with Crippen LogP contribution in [0.4, 0.5) is 25.2 Å². The Balaban J connectivity index is 1.54. The summed E-state index contributed by atoms with van der Waals surface area (Å²) in [5.74, 6) is -2.40. The normalized spacial score (nSPS) is 15.3. The van der Waals surface area contributed by atoms with Gasteiger partial charge in [-0.05, 0) is 63.4 Å². The van der Waals surface area contributed by atoms with Crippen LogP contribution in [0.2, 0.25) is 0 Å². The minimum Gasteiger partial charge on any atom is -0.493 e. The predicted octanol–water partition coefficient (Wildman–Crippen LogP) is 5.51. The van der Waals surface area contributed by atoms with Crippen molar-refractivity contribution in [3.05, 3.63) is 59.8 Å². The van der Waals surface area contributed by atoms with Crippen molar-refractivity contribution in [1.82, 2.24) is 20.6 Å². The molecule has 50 heavy (non-hydrogen) atoms. The number of benzene rings is 1. The van der Waals surface area contributed by atoms with Gasteiger partial charge < -0.3 is 30.2 Å². The molecule has 1 aliphatic rings. The summed E-state index contributed by atoms with van der Waals surface area (Å²) in [7, 11) is -3.21. The highest BCUT2D eigenvalue weighted by molar-refractivity contribution is 7.92. The van der Waals surface area contributed by atoms with E-state index >= 15 is 0 Å². The number of aromatic nitrogens is 2. The van der Waals surface area contributed by atoms with Gasteiger partial charge in [0.2, 0.25) is 11.8 Å². The van der Waals surface area contributed by atoms with Gasteiger partial charge in [0.05, 0.1) is 34.9 Å². The van der Waals surface area contributed by atoms with E-state index in [1.165, 1.54) is 37.4 Å². The number of halogens is 2. The number of hydrogen-bond acceptors (Lipinski definition) is 10. The Morgan fingerprint density at radius 1 is 1.02 bits per heavy atom. The smallest absolute Gasteiger partial charge is 0.408 e. The molecule has 1 aliphatic heterocycles. The molecule has 1 unspecified atom stereocenters. The largest absolute Gasteiger partial charge is 0.493 e. The van der Waals surface area contributed by atoms with Crippen LogP contribution in [-0.4, -0.2) is 69.2 Å². The van der Waals surface area contributed by atoms with Crippen LogP contribution in [0.3, 0.4) is 0 Å². The van der Waals surface area contributed by atoms with Crippen LogP contribution in [0.1, 0.15) is 53.5 Å². The lowest BCUT2D eigenvalue weighted by Gasteiger charge is -2.26. The maximum absolute atomic E-state index is 14.9. The van der Waals surface area contributed by atoms with E-state index in [4.69, 9.17) is 14.2 Å². The molecule has 16 heteroatoms. The Hall–Kier alpha value is -4.86. The van der Waals surface area contributed by atoms with Gasteiger partial charge in [-0.2, -0.15) is 9.35 Å². The summed E-state index contributed by atoms with van der Waals surface area (Å²) in [6.07, 6.45) is 1.91. The standard InChI is InChI=1S/C34H42F2N6O7S/c1-19(2)30(41-33(45)49-34(4,5)6)32(44)38-20(3)31(43)42-50(7,46)18-21-13-28-39-27-16-24(25(36)17-37-27)23-10-9-22(35)15-26(23)47-11-8-12-48-29(14-21)40-28/h9-10,13-17,19-20,30H,8,11-12,18H2,1-7H3,(H,38,44)(H,41,45)(H,37,39,40)/t20-,30-,50?/m0/s1. The van der Waals surface area contributed by atoms with Crippen LogP contribution < -0.4 is 25.4 Å². The minimum atomic E-state index is -3.21. The fourth-order valence-electron chi connectivity index (χ4n) is 4.83. The molecule has 3 N–H and O–H groups in total. The topological polar surface area (TPSA) is 170 Å². The summed E-state index contributed by atoms with van der Waals surface area (Å²) in [4.78, 5) is 46.9. The van der Waals surface area contributed by atoms with E-state index < -0.39 is 57.0 Å². The van der Waals surface area contributed by atoms with Gasteiger partial charge in [0, 0.05) is 35.9 Å². The number of amides is 3. The van der Waals surface area contributed by atoms with Gasteiger partial charge in [0.15, 0.2) is 0 Å². The number of carbonyl (C=O) groups excluding carboxylic acids is 3. The molecule has 1 aromatic carbocycles. The zero-order chi connectivity index (χ0) is 36.8. The van der Waals surface area contributed by atoms with Gasteiger partial charge in [-0.3, -0.25) is 9.59 Å². The zero-order valence-electron chi connectivity index (χ0n) is 29.0. The number of alkyl carbamates (subject to hydrolysis) is 1. The van der Waals surface area contributed by atoms with Crippen molar-refractivity contribution in [3.63, 3.8) is 0 Å². The Labute approximate surface area is 290 Å². The van der Waals surface area contributed by atoms with E-state index in [0.29, 0.717) is 17.5 Å². The fourth-order valence-corrected chi connectivity index (χ4v) is 6.21. The molecule has 3 aromatic rings. The summed E-state index contributed by atoms with van der Waals surface area (Å²) in [6.45, 7) is 10.2. The zero-order valence-corrected chi connectivity index (χ0v) is 29.8. The summed E-state index contributed by atoms with van der Waals surface area (Å²) in [5, 5.41) is 8.06. The first-order chi connectivity index (χ1) is 23.4. The number of nitrogens with zero attached hydrogens (tertiary/aromatic N) is 3. The highest BCUT2D eigenvalue weighted by Gasteiger charge is 2.29. The van der Waals surface area contributed by atoms with E-state index in [1.54, 1.807) is 46.8 Å². The Kier molecular flexibility index (Phi) is 12.0. The van der Waals surface area contributed by atoms with Gasteiger partial charge in [-0.15, -0.1) is 0 Å². The molecular formula is C34H42F2N6O7S. The van der Waals surface area contributed by atoms with Gasteiger partial charge in [0.1, 0.15) is 46.7 Å². The first-order valence-electron chi connectivity index (χ1n) is 15.9. The number of fused-ring (bicyclic) bond motifs is 6. The third-order valence-corrected chi connectivity index (χ3v) is 8.51. The number of pyridine rings is 2. The quantitative estimate of drug-likeness (QED) is 0.284. The second-order valence-electron chi connectivity index (χ2n) is 13.2. The highest BCUT2D eigenvalue weighted by Crippen LogP contribution is 2.34. The lowest BCUT2D eigenvalue weighted by atomic mass is 10.0. The molecule has 0 aliphatic carbocycles. The Morgan fingerprint density at radius 3 is 2.44 bits per heavy atom. The third kappa shape index (κ3) is 10.8. The first-order valence-corrected chi connectivity index (χ1v) is 18.0. The molecule has 0 saturated carbocycles.